The SMILES string of the molecule is C/C(=C/OCC1CC2C3CCC(O3)C2C1)c1ccccc1. The summed E-state index contributed by atoms with van der Waals surface area (Å²) in [5.74, 6) is 2.39. The molecule has 1 aliphatic carbocycles. The molecule has 4 unspecified atom stereocenters. The smallest absolute Gasteiger partial charge is 0.0901 e. The molecule has 1 aromatic rings. The summed E-state index contributed by atoms with van der Waals surface area (Å²) in [6, 6.07) is 10.4. The Kier molecular flexibility index (Phi) is 3.50. The highest BCUT2D eigenvalue weighted by Gasteiger charge is 2.53. The predicted molar refractivity (Wildman–Crippen MR) is 83.6 cm³/mol. The van der Waals surface area contributed by atoms with Gasteiger partial charge in [-0.1, -0.05) is 30.3 Å². The highest BCUT2D eigenvalue weighted by atomic mass is 16.5. The van der Waals surface area contributed by atoms with Gasteiger partial charge in [-0.25, -0.2) is 0 Å². The molecule has 4 rings (SSSR count). The largest absolute Gasteiger partial charge is 0.501 e. The number of rotatable bonds is 4. The molecule has 1 saturated carbocycles. The molecule has 2 heterocycles. The van der Waals surface area contributed by atoms with Gasteiger partial charge in [0.2, 0.25) is 0 Å². The lowest BCUT2D eigenvalue weighted by atomic mass is 9.82. The van der Waals surface area contributed by atoms with Crippen LogP contribution in [0.4, 0.5) is 0 Å². The predicted octanol–water partition coefficient (Wildman–Crippen LogP) is 4.27. The molecule has 0 aromatic heterocycles. The summed E-state index contributed by atoms with van der Waals surface area (Å²) in [5.41, 5.74) is 2.45. The zero-order valence-electron chi connectivity index (χ0n) is 12.7. The first-order valence-electron chi connectivity index (χ1n) is 8.30. The Balaban J connectivity index is 1.30. The molecule has 2 heteroatoms. The van der Waals surface area contributed by atoms with E-state index in [9.17, 15) is 0 Å². The molecule has 112 valence electrons. The third-order valence-corrected chi connectivity index (χ3v) is 5.62. The van der Waals surface area contributed by atoms with Crippen molar-refractivity contribution in [2.45, 2.75) is 44.8 Å². The van der Waals surface area contributed by atoms with Gasteiger partial charge in [-0.3, -0.25) is 0 Å². The van der Waals surface area contributed by atoms with E-state index in [1.54, 1.807) is 0 Å². The van der Waals surface area contributed by atoms with Gasteiger partial charge in [0, 0.05) is 0 Å². The number of hydrogen-bond donors (Lipinski definition) is 0. The highest BCUT2D eigenvalue weighted by molar-refractivity contribution is 5.62. The first-order valence-corrected chi connectivity index (χ1v) is 8.30. The number of hydrogen-bond acceptors (Lipinski definition) is 2. The van der Waals surface area contributed by atoms with Crippen LogP contribution in [0, 0.1) is 17.8 Å². The zero-order valence-corrected chi connectivity index (χ0v) is 12.7. The molecule has 1 aromatic carbocycles. The molecular formula is C19H24O2. The maximum atomic E-state index is 6.04. The summed E-state index contributed by atoms with van der Waals surface area (Å²) in [7, 11) is 0. The van der Waals surface area contributed by atoms with Crippen molar-refractivity contribution in [3.63, 3.8) is 0 Å². The van der Waals surface area contributed by atoms with Gasteiger partial charge < -0.3 is 9.47 Å². The maximum Gasteiger partial charge on any atom is 0.0901 e. The van der Waals surface area contributed by atoms with Crippen LogP contribution < -0.4 is 0 Å². The lowest BCUT2D eigenvalue weighted by Gasteiger charge is -2.19. The van der Waals surface area contributed by atoms with Gasteiger partial charge in [-0.2, -0.15) is 0 Å². The lowest BCUT2D eigenvalue weighted by Crippen LogP contribution is -2.21. The van der Waals surface area contributed by atoms with Crippen LogP contribution in [0.3, 0.4) is 0 Å². The van der Waals surface area contributed by atoms with Crippen molar-refractivity contribution in [1.82, 2.24) is 0 Å². The Morgan fingerprint density at radius 3 is 2.48 bits per heavy atom. The Hall–Kier alpha value is -1.28. The minimum absolute atomic E-state index is 0.576. The van der Waals surface area contributed by atoms with Crippen LogP contribution in [-0.4, -0.2) is 18.8 Å². The summed E-state index contributed by atoms with van der Waals surface area (Å²) >= 11 is 0. The van der Waals surface area contributed by atoms with E-state index in [1.165, 1.54) is 36.8 Å². The fourth-order valence-electron chi connectivity index (χ4n) is 4.60. The van der Waals surface area contributed by atoms with E-state index < -0.39 is 0 Å². The van der Waals surface area contributed by atoms with E-state index in [4.69, 9.17) is 9.47 Å². The van der Waals surface area contributed by atoms with Crippen molar-refractivity contribution < 1.29 is 9.47 Å². The van der Waals surface area contributed by atoms with Crippen LogP contribution in [-0.2, 0) is 9.47 Å². The van der Waals surface area contributed by atoms with Gasteiger partial charge in [0.1, 0.15) is 0 Å². The molecule has 0 amide bonds. The minimum Gasteiger partial charge on any atom is -0.501 e. The average Bonchev–Trinajstić information content (AvgIpc) is 3.20. The van der Waals surface area contributed by atoms with E-state index >= 15 is 0 Å². The second kappa shape index (κ2) is 5.49. The topological polar surface area (TPSA) is 18.5 Å². The minimum atomic E-state index is 0.576. The molecule has 21 heavy (non-hydrogen) atoms. The first kappa shape index (κ1) is 13.4. The van der Waals surface area contributed by atoms with Crippen molar-refractivity contribution >= 4 is 5.57 Å². The monoisotopic (exact) mass is 284 g/mol. The van der Waals surface area contributed by atoms with Crippen molar-refractivity contribution in [3.8, 4) is 0 Å². The van der Waals surface area contributed by atoms with E-state index in [2.05, 4.69) is 31.2 Å². The molecule has 0 N–H and O–H groups in total. The third kappa shape index (κ3) is 2.50. The van der Waals surface area contributed by atoms with Crippen molar-refractivity contribution in [1.29, 1.82) is 0 Å². The fraction of sp³-hybridized carbons (Fsp3) is 0.579. The van der Waals surface area contributed by atoms with Gasteiger partial charge in [0.25, 0.3) is 0 Å². The molecule has 3 aliphatic rings. The second-order valence-corrected chi connectivity index (χ2v) is 6.96. The molecule has 0 spiro atoms. The van der Waals surface area contributed by atoms with Crippen LogP contribution in [0.2, 0.25) is 0 Å². The van der Waals surface area contributed by atoms with E-state index in [1.807, 2.05) is 12.3 Å². The Morgan fingerprint density at radius 1 is 1.14 bits per heavy atom. The van der Waals surface area contributed by atoms with Crippen LogP contribution >= 0.6 is 0 Å². The molecule has 4 atom stereocenters. The van der Waals surface area contributed by atoms with Gasteiger partial charge in [-0.15, -0.1) is 0 Å². The normalized spacial score (nSPS) is 37.8. The first-order chi connectivity index (χ1) is 10.3. The number of allylic oxidation sites excluding steroid dienone is 1. The van der Waals surface area contributed by atoms with Crippen LogP contribution in [0.25, 0.3) is 5.57 Å². The van der Waals surface area contributed by atoms with Crippen LogP contribution in [0.1, 0.15) is 38.2 Å². The average molecular weight is 284 g/mol. The molecule has 0 radical (unpaired) electrons. The Morgan fingerprint density at radius 2 is 1.81 bits per heavy atom. The Labute approximate surface area is 127 Å². The summed E-state index contributed by atoms with van der Waals surface area (Å²) < 4.78 is 11.9. The molecule has 2 nitrogen and oxygen atoms in total. The standard InChI is InChI=1S/C19H24O2/c1-13(15-5-3-2-4-6-15)11-20-12-14-9-16-17(10-14)19-8-7-18(16)21-19/h2-6,11,14,16-19H,7-10,12H2,1H3/b13-11-. The van der Waals surface area contributed by atoms with Crippen LogP contribution in [0.5, 0.6) is 0 Å². The molecule has 3 fully saturated rings. The van der Waals surface area contributed by atoms with Gasteiger partial charge in [-0.05, 0) is 61.5 Å². The Bertz CT molecular complexity index is 504. The van der Waals surface area contributed by atoms with Gasteiger partial charge >= 0.3 is 0 Å². The van der Waals surface area contributed by atoms with E-state index in [0.717, 1.165) is 24.4 Å². The third-order valence-electron chi connectivity index (χ3n) is 5.62. The quantitative estimate of drug-likeness (QED) is 0.769. The fourth-order valence-corrected chi connectivity index (χ4v) is 4.60. The summed E-state index contributed by atoms with van der Waals surface area (Å²) in [6.07, 6.45) is 8.31. The molecule has 2 bridgehead atoms. The zero-order chi connectivity index (χ0) is 14.2. The van der Waals surface area contributed by atoms with Crippen molar-refractivity contribution in [2.24, 2.45) is 17.8 Å². The summed E-state index contributed by atoms with van der Waals surface area (Å²) in [5, 5.41) is 0. The van der Waals surface area contributed by atoms with Crippen LogP contribution in [0.15, 0.2) is 36.6 Å². The summed E-state index contributed by atoms with van der Waals surface area (Å²) in [6.45, 7) is 2.99. The lowest BCUT2D eigenvalue weighted by molar-refractivity contribution is 0.0709. The van der Waals surface area contributed by atoms with Gasteiger partial charge in [0.15, 0.2) is 0 Å². The number of benzene rings is 1. The summed E-state index contributed by atoms with van der Waals surface area (Å²) in [4.78, 5) is 0. The molecular weight excluding hydrogens is 260 g/mol. The number of fused-ring (bicyclic) bond motifs is 5. The van der Waals surface area contributed by atoms with E-state index in [-0.39, 0.29) is 0 Å². The second-order valence-electron chi connectivity index (χ2n) is 6.96. The van der Waals surface area contributed by atoms with Gasteiger partial charge in [0.05, 0.1) is 25.1 Å². The molecule has 2 aliphatic heterocycles. The van der Waals surface area contributed by atoms with Crippen molar-refractivity contribution in [3.05, 3.63) is 42.2 Å². The molecule has 2 saturated heterocycles. The van der Waals surface area contributed by atoms with Crippen molar-refractivity contribution in [2.75, 3.05) is 6.61 Å². The maximum absolute atomic E-state index is 6.04. The van der Waals surface area contributed by atoms with E-state index in [0.29, 0.717) is 12.2 Å². The number of ether oxygens (including phenoxy) is 2. The highest BCUT2D eigenvalue weighted by Crippen LogP contribution is 2.53.